The first-order chi connectivity index (χ1) is 10.1. The van der Waals surface area contributed by atoms with E-state index >= 15 is 0 Å². The topological polar surface area (TPSA) is 120 Å². The van der Waals surface area contributed by atoms with Crippen LogP contribution in [0, 0.1) is 15.6 Å². The first-order valence-corrected chi connectivity index (χ1v) is 6.01. The summed E-state index contributed by atoms with van der Waals surface area (Å²) in [5.41, 5.74) is 1.65. The Hall–Kier alpha value is -2.97. The van der Waals surface area contributed by atoms with Crippen molar-refractivity contribution in [2.75, 3.05) is 15.9 Å². The summed E-state index contributed by atoms with van der Waals surface area (Å²) < 4.78 is 0. The van der Waals surface area contributed by atoms with Gasteiger partial charge in [0.25, 0.3) is 0 Å². The van der Waals surface area contributed by atoms with Crippen LogP contribution in [0.5, 0.6) is 0 Å². The Morgan fingerprint density at radius 2 is 1.76 bits per heavy atom. The van der Waals surface area contributed by atoms with Gasteiger partial charge in [-0.1, -0.05) is 12.2 Å². The van der Waals surface area contributed by atoms with Gasteiger partial charge in [0.05, 0.1) is 22.6 Å². The first kappa shape index (κ1) is 13.0. The molecule has 1 aliphatic heterocycles. The molecule has 2 aliphatic rings. The number of nitrogens with zero attached hydrogens (tertiary/aromatic N) is 2. The summed E-state index contributed by atoms with van der Waals surface area (Å²) in [6.07, 6.45) is 6.31. The van der Waals surface area contributed by atoms with Crippen LogP contribution in [0.25, 0.3) is 0 Å². The predicted octanol–water partition coefficient (Wildman–Crippen LogP) is 2.00. The largest absolute Gasteiger partial charge is 0.733 e. The molecule has 0 amide bonds. The van der Waals surface area contributed by atoms with E-state index < -0.39 is 4.90 Å². The molecule has 0 aromatic heterocycles. The van der Waals surface area contributed by atoms with Crippen molar-refractivity contribution >= 4 is 22.8 Å². The Bertz CT molecular complexity index is 715. The molecule has 108 valence electrons. The molecule has 1 aromatic rings. The van der Waals surface area contributed by atoms with Crippen LogP contribution in [0.3, 0.4) is 0 Å². The second-order valence-corrected chi connectivity index (χ2v) is 4.40. The molecule has 0 saturated heterocycles. The number of hydrogen-bond acceptors (Lipinski definition) is 7. The molecule has 1 aromatic carbocycles. The lowest BCUT2D eigenvalue weighted by atomic mass is 10.1. The molecular weight excluding hydrogens is 276 g/mol. The van der Waals surface area contributed by atoms with Gasteiger partial charge in [-0.25, -0.2) is 0 Å². The third-order valence-corrected chi connectivity index (χ3v) is 3.11. The van der Waals surface area contributed by atoms with E-state index in [1.807, 2.05) is 0 Å². The summed E-state index contributed by atoms with van der Waals surface area (Å²) in [7, 11) is 0. The number of anilines is 3. The molecule has 0 saturated carbocycles. The molecule has 0 bridgehead atoms. The monoisotopic (exact) mass is 286 g/mol. The van der Waals surface area contributed by atoms with Crippen LogP contribution >= 0.6 is 0 Å². The summed E-state index contributed by atoms with van der Waals surface area (Å²) in [4.78, 5) is -0.465. The van der Waals surface area contributed by atoms with Crippen LogP contribution < -0.4 is 15.9 Å². The minimum absolute atomic E-state index is 0.0341. The van der Waals surface area contributed by atoms with Crippen LogP contribution in [0.2, 0.25) is 0 Å². The molecule has 8 nitrogen and oxygen atoms in total. The Labute approximate surface area is 119 Å². The molecule has 0 atom stereocenters. The molecular formula is C13H10N4O4-2. The van der Waals surface area contributed by atoms with Crippen molar-refractivity contribution in [2.45, 2.75) is 0 Å². The molecule has 1 heterocycles. The van der Waals surface area contributed by atoms with Crippen molar-refractivity contribution in [1.29, 1.82) is 0 Å². The van der Waals surface area contributed by atoms with E-state index in [1.54, 1.807) is 24.3 Å². The lowest BCUT2D eigenvalue weighted by Crippen LogP contribution is -2.17. The number of rotatable bonds is 1. The fourth-order valence-corrected chi connectivity index (χ4v) is 2.14. The molecule has 0 radical (unpaired) electrons. The highest BCUT2D eigenvalue weighted by Gasteiger charge is 2.22. The number of benzene rings is 1. The summed E-state index contributed by atoms with van der Waals surface area (Å²) >= 11 is 0. The van der Waals surface area contributed by atoms with Gasteiger partial charge in [0, 0.05) is 6.08 Å². The smallest absolute Gasteiger partial charge is 0.233 e. The highest BCUT2D eigenvalue weighted by Crippen LogP contribution is 2.35. The van der Waals surface area contributed by atoms with Gasteiger partial charge in [-0.2, -0.15) is 4.90 Å². The zero-order valence-corrected chi connectivity index (χ0v) is 10.6. The maximum Gasteiger partial charge on any atom is 0.233 e. The average Bonchev–Trinajstić information content (AvgIpc) is 2.89. The van der Waals surface area contributed by atoms with Crippen molar-refractivity contribution in [3.63, 3.8) is 0 Å². The molecule has 0 unspecified atom stereocenters. The van der Waals surface area contributed by atoms with E-state index in [9.17, 15) is 15.6 Å². The zero-order chi connectivity index (χ0) is 15.0. The lowest BCUT2D eigenvalue weighted by molar-refractivity contribution is -0.377. The molecule has 3 N–H and O–H groups in total. The maximum absolute atomic E-state index is 11.1. The van der Waals surface area contributed by atoms with Crippen LogP contribution in [-0.2, 0) is 0 Å². The van der Waals surface area contributed by atoms with Crippen molar-refractivity contribution in [3.8, 4) is 0 Å². The van der Waals surface area contributed by atoms with Gasteiger partial charge in [-0.3, -0.25) is 5.21 Å². The highest BCUT2D eigenvalue weighted by molar-refractivity contribution is 6.10. The van der Waals surface area contributed by atoms with Gasteiger partial charge in [0.15, 0.2) is 0 Å². The van der Waals surface area contributed by atoms with E-state index in [2.05, 4.69) is 10.6 Å². The van der Waals surface area contributed by atoms with Crippen LogP contribution in [-0.4, -0.2) is 15.8 Å². The van der Waals surface area contributed by atoms with Crippen LogP contribution in [0.15, 0.2) is 53.9 Å². The van der Waals surface area contributed by atoms with Crippen molar-refractivity contribution in [2.24, 2.45) is 0 Å². The van der Waals surface area contributed by atoms with E-state index in [1.165, 1.54) is 18.2 Å². The molecule has 3 rings (SSSR count). The summed E-state index contributed by atoms with van der Waals surface area (Å²) in [5.74, 6) is 0.449. The van der Waals surface area contributed by atoms with E-state index in [-0.39, 0.29) is 16.6 Å². The minimum atomic E-state index is -0.465. The predicted molar refractivity (Wildman–Crippen MR) is 78.6 cm³/mol. The number of fused-ring (bicyclic) bond motifs is 1. The zero-order valence-electron chi connectivity index (χ0n) is 10.6. The maximum atomic E-state index is 11.1. The van der Waals surface area contributed by atoms with Crippen LogP contribution in [0.1, 0.15) is 0 Å². The lowest BCUT2D eigenvalue weighted by Gasteiger charge is -2.21. The second kappa shape index (κ2) is 4.85. The Kier molecular flexibility index (Phi) is 3.01. The van der Waals surface area contributed by atoms with Crippen LogP contribution in [0.4, 0.5) is 17.1 Å². The molecule has 1 aliphatic carbocycles. The molecule has 21 heavy (non-hydrogen) atoms. The molecule has 0 spiro atoms. The van der Waals surface area contributed by atoms with Gasteiger partial charge < -0.3 is 31.5 Å². The van der Waals surface area contributed by atoms with Gasteiger partial charge in [0.2, 0.25) is 5.71 Å². The highest BCUT2D eigenvalue weighted by atomic mass is 16.8. The average molecular weight is 286 g/mol. The number of allylic oxidation sites excluding steroid dienone is 5. The van der Waals surface area contributed by atoms with Gasteiger partial charge >= 0.3 is 0 Å². The third-order valence-electron chi connectivity index (χ3n) is 3.11. The molecule has 8 heteroatoms. The normalized spacial score (nSPS) is 19.0. The third kappa shape index (κ3) is 2.29. The Morgan fingerprint density at radius 3 is 2.48 bits per heavy atom. The minimum Gasteiger partial charge on any atom is -0.733 e. The van der Waals surface area contributed by atoms with Gasteiger partial charge in [0.1, 0.15) is 5.82 Å². The van der Waals surface area contributed by atoms with Gasteiger partial charge in [-0.05, 0) is 24.3 Å². The standard InChI is InChI=1S/C13H10N4O4/c18-16(19)8-5-6-10-11(7-8)15-13(14-10)9-3-1-2-4-12(9)17(20)21/h1-7,14-15,18H/q-2. The quantitative estimate of drug-likeness (QED) is 0.533. The fraction of sp³-hybridized carbons (Fsp3) is 0. The van der Waals surface area contributed by atoms with E-state index in [4.69, 9.17) is 5.21 Å². The summed E-state index contributed by atoms with van der Waals surface area (Å²) in [6.45, 7) is 0. The molecule has 0 fully saturated rings. The van der Waals surface area contributed by atoms with Crippen molar-refractivity contribution in [1.82, 2.24) is 0 Å². The Morgan fingerprint density at radius 1 is 1.05 bits per heavy atom. The SMILES string of the molecule is [O-]N(O)c1ccc2c(c1)NC(=C1C=CC=CC1=[N+]([O-])[O-])N2. The Balaban J connectivity index is 2.01. The van der Waals surface area contributed by atoms with Gasteiger partial charge in [-0.15, -0.1) is 0 Å². The number of nitrogens with one attached hydrogen (secondary N) is 2. The first-order valence-electron chi connectivity index (χ1n) is 6.01. The van der Waals surface area contributed by atoms with Crippen molar-refractivity contribution in [3.05, 3.63) is 69.5 Å². The number of hydrogen-bond donors (Lipinski definition) is 3. The summed E-state index contributed by atoms with van der Waals surface area (Å²) in [5, 5.41) is 47.6. The summed E-state index contributed by atoms with van der Waals surface area (Å²) in [6, 6.07) is 4.47. The van der Waals surface area contributed by atoms with E-state index in [0.29, 0.717) is 22.8 Å². The fourth-order valence-electron chi connectivity index (χ4n) is 2.14. The van der Waals surface area contributed by atoms with E-state index in [0.717, 1.165) is 0 Å². The van der Waals surface area contributed by atoms with Crippen molar-refractivity contribution < 1.29 is 10.1 Å². The second-order valence-electron chi connectivity index (χ2n) is 4.40.